The molecule has 0 aromatic heterocycles. The van der Waals surface area contributed by atoms with Crippen LogP contribution >= 0.6 is 11.6 Å². The number of methoxy groups -OCH3 is 1. The molecule has 1 saturated heterocycles. The van der Waals surface area contributed by atoms with Crippen molar-refractivity contribution in [3.63, 3.8) is 0 Å². The number of hydrogen-bond acceptors (Lipinski definition) is 3. The summed E-state index contributed by atoms with van der Waals surface area (Å²) in [5.74, 6) is 0.836. The Morgan fingerprint density at radius 3 is 2.72 bits per heavy atom. The van der Waals surface area contributed by atoms with Crippen molar-refractivity contribution in [3.8, 4) is 5.75 Å². The van der Waals surface area contributed by atoms with Crippen molar-refractivity contribution in [2.24, 2.45) is 0 Å². The van der Waals surface area contributed by atoms with Gasteiger partial charge in [0.2, 0.25) is 0 Å². The minimum absolute atomic E-state index is 0.00826. The Kier molecular flexibility index (Phi) is 3.85. The monoisotopic (exact) mass is 269 g/mol. The number of ether oxygens (including phenoxy) is 2. The fourth-order valence-corrected chi connectivity index (χ4v) is 2.26. The number of benzene rings is 1. The Morgan fingerprint density at radius 2 is 2.17 bits per heavy atom. The molecule has 1 aliphatic rings. The van der Waals surface area contributed by atoms with Crippen LogP contribution in [0.4, 0.5) is 0 Å². The van der Waals surface area contributed by atoms with Crippen LogP contribution in [-0.2, 0) is 4.74 Å². The molecule has 0 bridgehead atoms. The first kappa shape index (κ1) is 13.7. The lowest BCUT2D eigenvalue weighted by molar-refractivity contribution is -0.0238. The van der Waals surface area contributed by atoms with E-state index < -0.39 is 0 Å². The maximum absolute atomic E-state index is 6.19. The van der Waals surface area contributed by atoms with Gasteiger partial charge in [0.1, 0.15) is 5.75 Å². The molecule has 1 unspecified atom stereocenters. The molecule has 3 nitrogen and oxygen atoms in total. The molecule has 1 N–H and O–H groups in total. The molecule has 0 saturated carbocycles. The fourth-order valence-electron chi connectivity index (χ4n) is 2.09. The SMILES string of the molecule is COc1cc(C)c(Cl)cc1C1CNC(C)(C)CO1. The highest BCUT2D eigenvalue weighted by atomic mass is 35.5. The smallest absolute Gasteiger partial charge is 0.125 e. The molecule has 1 aromatic carbocycles. The van der Waals surface area contributed by atoms with Gasteiger partial charge in [0.25, 0.3) is 0 Å². The predicted molar refractivity (Wildman–Crippen MR) is 73.5 cm³/mol. The molecule has 1 fully saturated rings. The summed E-state index contributed by atoms with van der Waals surface area (Å²) >= 11 is 6.19. The molecule has 0 amide bonds. The van der Waals surface area contributed by atoms with Gasteiger partial charge in [-0.25, -0.2) is 0 Å². The third-order valence-electron chi connectivity index (χ3n) is 3.27. The second kappa shape index (κ2) is 5.08. The standard InChI is InChI=1S/C14H20ClNO2/c1-9-5-12(17-4)10(6-11(9)15)13-7-16-14(2,3)8-18-13/h5-6,13,16H,7-8H2,1-4H3. The number of nitrogens with one attached hydrogen (secondary N) is 1. The van der Waals surface area contributed by atoms with Gasteiger partial charge in [0.05, 0.1) is 19.8 Å². The van der Waals surface area contributed by atoms with Crippen molar-refractivity contribution in [2.75, 3.05) is 20.3 Å². The summed E-state index contributed by atoms with van der Waals surface area (Å²) in [5.41, 5.74) is 2.05. The molecule has 2 rings (SSSR count). The van der Waals surface area contributed by atoms with Gasteiger partial charge in [-0.3, -0.25) is 0 Å². The van der Waals surface area contributed by atoms with E-state index in [1.54, 1.807) is 7.11 Å². The van der Waals surface area contributed by atoms with Gasteiger partial charge in [-0.1, -0.05) is 11.6 Å². The summed E-state index contributed by atoms with van der Waals surface area (Å²) in [7, 11) is 1.67. The van der Waals surface area contributed by atoms with Crippen molar-refractivity contribution in [1.29, 1.82) is 0 Å². The molecule has 0 spiro atoms. The van der Waals surface area contributed by atoms with Crippen LogP contribution in [0.3, 0.4) is 0 Å². The highest BCUT2D eigenvalue weighted by Crippen LogP contribution is 2.34. The molecular formula is C14H20ClNO2. The van der Waals surface area contributed by atoms with E-state index in [9.17, 15) is 0 Å². The van der Waals surface area contributed by atoms with Crippen molar-refractivity contribution in [1.82, 2.24) is 5.32 Å². The number of morpholine rings is 1. The normalized spacial score (nSPS) is 22.8. The third kappa shape index (κ3) is 2.79. The van der Waals surface area contributed by atoms with E-state index in [0.717, 1.165) is 28.4 Å². The van der Waals surface area contributed by atoms with E-state index in [2.05, 4.69) is 19.2 Å². The van der Waals surface area contributed by atoms with Gasteiger partial charge in [0.15, 0.2) is 0 Å². The number of halogens is 1. The highest BCUT2D eigenvalue weighted by molar-refractivity contribution is 6.31. The van der Waals surface area contributed by atoms with Gasteiger partial charge in [-0.05, 0) is 38.5 Å². The molecule has 1 aliphatic heterocycles. The Bertz CT molecular complexity index is 436. The van der Waals surface area contributed by atoms with Crippen LogP contribution < -0.4 is 10.1 Å². The molecule has 0 aliphatic carbocycles. The summed E-state index contributed by atoms with van der Waals surface area (Å²) in [4.78, 5) is 0. The zero-order chi connectivity index (χ0) is 13.3. The largest absolute Gasteiger partial charge is 0.496 e. The van der Waals surface area contributed by atoms with E-state index in [1.165, 1.54) is 0 Å². The molecule has 1 heterocycles. The van der Waals surface area contributed by atoms with Crippen LogP contribution in [0.2, 0.25) is 5.02 Å². The molecule has 0 radical (unpaired) electrons. The van der Waals surface area contributed by atoms with E-state index >= 15 is 0 Å². The van der Waals surface area contributed by atoms with Crippen LogP contribution in [-0.4, -0.2) is 25.8 Å². The quantitative estimate of drug-likeness (QED) is 0.895. The lowest BCUT2D eigenvalue weighted by Crippen LogP contribution is -2.50. The minimum Gasteiger partial charge on any atom is -0.496 e. The van der Waals surface area contributed by atoms with Crippen molar-refractivity contribution < 1.29 is 9.47 Å². The molecule has 18 heavy (non-hydrogen) atoms. The summed E-state index contributed by atoms with van der Waals surface area (Å²) in [6.07, 6.45) is -0.00826. The first-order valence-electron chi connectivity index (χ1n) is 6.13. The number of aryl methyl sites for hydroxylation is 1. The Morgan fingerprint density at radius 1 is 1.44 bits per heavy atom. The molecule has 1 aromatic rings. The highest BCUT2D eigenvalue weighted by Gasteiger charge is 2.29. The average Bonchev–Trinajstić information content (AvgIpc) is 2.32. The van der Waals surface area contributed by atoms with Crippen molar-refractivity contribution >= 4 is 11.6 Å². The van der Waals surface area contributed by atoms with Gasteiger partial charge in [-0.2, -0.15) is 0 Å². The van der Waals surface area contributed by atoms with Crippen molar-refractivity contribution in [2.45, 2.75) is 32.4 Å². The zero-order valence-corrected chi connectivity index (χ0v) is 12.1. The fraction of sp³-hybridized carbons (Fsp3) is 0.571. The van der Waals surface area contributed by atoms with E-state index in [0.29, 0.717) is 6.61 Å². The molecule has 1 atom stereocenters. The van der Waals surface area contributed by atoms with Crippen LogP contribution in [0.5, 0.6) is 5.75 Å². The zero-order valence-electron chi connectivity index (χ0n) is 11.3. The van der Waals surface area contributed by atoms with Gasteiger partial charge in [0, 0.05) is 22.7 Å². The van der Waals surface area contributed by atoms with E-state index in [1.807, 2.05) is 19.1 Å². The van der Waals surface area contributed by atoms with E-state index in [-0.39, 0.29) is 11.6 Å². The maximum atomic E-state index is 6.19. The average molecular weight is 270 g/mol. The Hall–Kier alpha value is -0.770. The van der Waals surface area contributed by atoms with Crippen molar-refractivity contribution in [3.05, 3.63) is 28.3 Å². The van der Waals surface area contributed by atoms with Crippen LogP contribution in [0.1, 0.15) is 31.1 Å². The third-order valence-corrected chi connectivity index (χ3v) is 3.68. The lowest BCUT2D eigenvalue weighted by Gasteiger charge is -2.36. The molecular weight excluding hydrogens is 250 g/mol. The summed E-state index contributed by atoms with van der Waals surface area (Å²) in [5, 5.41) is 4.22. The Labute approximate surface area is 113 Å². The molecule has 4 heteroatoms. The van der Waals surface area contributed by atoms with Crippen LogP contribution in [0, 0.1) is 6.92 Å². The molecule has 100 valence electrons. The summed E-state index contributed by atoms with van der Waals surface area (Å²) < 4.78 is 11.3. The first-order valence-corrected chi connectivity index (χ1v) is 6.51. The maximum Gasteiger partial charge on any atom is 0.125 e. The number of hydrogen-bond donors (Lipinski definition) is 1. The first-order chi connectivity index (χ1) is 8.43. The van der Waals surface area contributed by atoms with Crippen LogP contribution in [0.15, 0.2) is 12.1 Å². The van der Waals surface area contributed by atoms with Crippen LogP contribution in [0.25, 0.3) is 0 Å². The predicted octanol–water partition coefficient (Wildman–Crippen LogP) is 3.10. The summed E-state index contributed by atoms with van der Waals surface area (Å²) in [6, 6.07) is 3.90. The van der Waals surface area contributed by atoms with Gasteiger partial charge < -0.3 is 14.8 Å². The van der Waals surface area contributed by atoms with Gasteiger partial charge >= 0.3 is 0 Å². The van der Waals surface area contributed by atoms with E-state index in [4.69, 9.17) is 21.1 Å². The summed E-state index contributed by atoms with van der Waals surface area (Å²) in [6.45, 7) is 7.66. The Balaban J connectivity index is 2.26. The van der Waals surface area contributed by atoms with Gasteiger partial charge in [-0.15, -0.1) is 0 Å². The second-order valence-corrected chi connectivity index (χ2v) is 5.81. The minimum atomic E-state index is -0.00826. The number of rotatable bonds is 2. The lowest BCUT2D eigenvalue weighted by atomic mass is 10.00. The second-order valence-electron chi connectivity index (χ2n) is 5.41. The topological polar surface area (TPSA) is 30.5 Å².